The Morgan fingerprint density at radius 3 is 2.73 bits per heavy atom. The van der Waals surface area contributed by atoms with Gasteiger partial charge in [0.05, 0.1) is 25.3 Å². The van der Waals surface area contributed by atoms with Crippen molar-refractivity contribution in [2.75, 3.05) is 62.4 Å². The first-order valence-corrected chi connectivity index (χ1v) is 16.1. The molecule has 1 N–H and O–H groups in total. The lowest BCUT2D eigenvalue weighted by Crippen LogP contribution is -2.36. The summed E-state index contributed by atoms with van der Waals surface area (Å²) in [7, 11) is 2.17. The molecule has 3 aromatic heterocycles. The fourth-order valence-corrected chi connectivity index (χ4v) is 7.05. The second kappa shape index (κ2) is 12.9. The van der Waals surface area contributed by atoms with Gasteiger partial charge in [-0.25, -0.2) is 9.97 Å². The fourth-order valence-electron chi connectivity index (χ4n) is 5.64. The van der Waals surface area contributed by atoms with E-state index in [1.807, 2.05) is 24.9 Å². The fraction of sp³-hybridized carbons (Fsp3) is 0.364. The molecule has 2 fully saturated rings. The normalized spacial score (nSPS) is 18.8. The number of fused-ring (bicyclic) bond motifs is 1. The van der Waals surface area contributed by atoms with Crippen molar-refractivity contribution in [1.29, 1.82) is 0 Å². The standard InChI is InChI=1S/C33H34N8O3S/c1-22-9-10-34-27(22)8-5-24-17-25-18-35-33(37-26-6-3-23(4-7-26)29-20-39(2)13-16-45-29)38-30(25)41(31(24)42)19-28-32(44-21-36-28)40-11-14-43-15-12-40/h3-4,6-7,10,17-18,21,29H,9,11-16,19-20H2,1-2H3,(H,35,37,38). The van der Waals surface area contributed by atoms with Crippen LogP contribution in [-0.2, 0) is 11.3 Å². The number of pyridine rings is 1. The summed E-state index contributed by atoms with van der Waals surface area (Å²) in [6.07, 6.45) is 5.74. The molecule has 3 aliphatic rings. The largest absolute Gasteiger partial charge is 0.428 e. The van der Waals surface area contributed by atoms with E-state index < -0.39 is 0 Å². The van der Waals surface area contributed by atoms with Crippen molar-refractivity contribution in [2.24, 2.45) is 4.99 Å². The van der Waals surface area contributed by atoms with Gasteiger partial charge in [0.15, 0.2) is 6.39 Å². The molecule has 1 unspecified atom stereocenters. The molecule has 0 amide bonds. The van der Waals surface area contributed by atoms with Crippen LogP contribution >= 0.6 is 11.8 Å². The number of anilines is 3. The van der Waals surface area contributed by atoms with E-state index >= 15 is 0 Å². The number of rotatable bonds is 6. The maximum atomic E-state index is 14.0. The molecule has 6 heterocycles. The molecule has 0 bridgehead atoms. The van der Waals surface area contributed by atoms with Crippen molar-refractivity contribution in [1.82, 2.24) is 24.4 Å². The van der Waals surface area contributed by atoms with Gasteiger partial charge in [-0.05, 0) is 49.2 Å². The third-order valence-corrected chi connectivity index (χ3v) is 9.44. The van der Waals surface area contributed by atoms with Gasteiger partial charge in [0, 0.05) is 67.1 Å². The Balaban J connectivity index is 1.23. The van der Waals surface area contributed by atoms with Gasteiger partial charge in [0.2, 0.25) is 11.8 Å². The average Bonchev–Trinajstić information content (AvgIpc) is 3.71. The highest BCUT2D eigenvalue weighted by atomic mass is 32.2. The molecule has 7 rings (SSSR count). The van der Waals surface area contributed by atoms with Crippen LogP contribution in [0.1, 0.15) is 35.4 Å². The SMILES string of the molecule is CC1=C(C#Cc2cc3cnc(Nc4ccc(C5CN(C)CCS5)cc4)nc3n(Cc3ncoc3N3CCOCC3)c2=O)N=CC1. The number of nitrogens with one attached hydrogen (secondary N) is 1. The smallest absolute Gasteiger partial charge is 0.268 e. The summed E-state index contributed by atoms with van der Waals surface area (Å²) in [6, 6.07) is 10.2. The van der Waals surface area contributed by atoms with Gasteiger partial charge in [0.25, 0.3) is 5.56 Å². The molecule has 0 saturated carbocycles. The number of benzene rings is 1. The molecule has 0 aliphatic carbocycles. The summed E-state index contributed by atoms with van der Waals surface area (Å²) >= 11 is 2.00. The highest BCUT2D eigenvalue weighted by molar-refractivity contribution is 7.99. The molecule has 11 nitrogen and oxygen atoms in total. The van der Waals surface area contributed by atoms with Gasteiger partial charge >= 0.3 is 0 Å². The number of ether oxygens (including phenoxy) is 1. The van der Waals surface area contributed by atoms with E-state index in [2.05, 4.69) is 73.2 Å². The van der Waals surface area contributed by atoms with Gasteiger partial charge in [-0.2, -0.15) is 16.7 Å². The van der Waals surface area contributed by atoms with Crippen LogP contribution in [0.3, 0.4) is 0 Å². The predicted molar refractivity (Wildman–Crippen MR) is 178 cm³/mol. The molecular weight excluding hydrogens is 588 g/mol. The van der Waals surface area contributed by atoms with Crippen LogP contribution in [-0.4, -0.2) is 82.8 Å². The Morgan fingerprint density at radius 1 is 1.11 bits per heavy atom. The number of hydrogen-bond donors (Lipinski definition) is 1. The van der Waals surface area contributed by atoms with Crippen molar-refractivity contribution in [3.8, 4) is 11.8 Å². The molecule has 3 aliphatic heterocycles. The highest BCUT2D eigenvalue weighted by Crippen LogP contribution is 2.33. The summed E-state index contributed by atoms with van der Waals surface area (Å²) < 4.78 is 12.9. The Hall–Kier alpha value is -4.44. The maximum Gasteiger partial charge on any atom is 0.268 e. The van der Waals surface area contributed by atoms with Crippen molar-refractivity contribution < 1.29 is 9.15 Å². The van der Waals surface area contributed by atoms with Crippen LogP contribution in [0.5, 0.6) is 0 Å². The van der Waals surface area contributed by atoms with E-state index in [0.717, 1.165) is 36.5 Å². The third-order valence-electron chi connectivity index (χ3n) is 8.20. The van der Waals surface area contributed by atoms with Gasteiger partial charge in [-0.15, -0.1) is 0 Å². The Labute approximate surface area is 265 Å². The maximum absolute atomic E-state index is 14.0. The lowest BCUT2D eigenvalue weighted by atomic mass is 10.1. The molecular formula is C33H34N8O3S. The number of aromatic nitrogens is 4. The summed E-state index contributed by atoms with van der Waals surface area (Å²) in [5.74, 6) is 8.30. The number of thioether (sulfide) groups is 1. The van der Waals surface area contributed by atoms with E-state index in [1.165, 1.54) is 12.0 Å². The number of allylic oxidation sites excluding steroid dienone is 2. The summed E-state index contributed by atoms with van der Waals surface area (Å²) in [4.78, 5) is 36.7. The zero-order chi connectivity index (χ0) is 30.8. The number of oxazole rings is 1. The Kier molecular flexibility index (Phi) is 8.39. The molecule has 12 heteroatoms. The van der Waals surface area contributed by atoms with Crippen LogP contribution in [0.25, 0.3) is 11.0 Å². The number of hydrogen-bond acceptors (Lipinski definition) is 11. The van der Waals surface area contributed by atoms with Crippen LogP contribution in [0, 0.1) is 11.8 Å². The van der Waals surface area contributed by atoms with Gasteiger partial charge in [-0.3, -0.25) is 14.4 Å². The zero-order valence-electron chi connectivity index (χ0n) is 25.3. The molecule has 2 saturated heterocycles. The molecule has 45 heavy (non-hydrogen) atoms. The Bertz CT molecular complexity index is 1900. The monoisotopic (exact) mass is 622 g/mol. The molecule has 4 aromatic rings. The minimum atomic E-state index is -0.268. The van der Waals surface area contributed by atoms with Crippen molar-refractivity contribution in [2.45, 2.75) is 25.1 Å². The number of aliphatic imine (C=N–C) groups is 1. The van der Waals surface area contributed by atoms with Crippen LogP contribution in [0.4, 0.5) is 17.5 Å². The third kappa shape index (κ3) is 6.38. The van der Waals surface area contributed by atoms with Gasteiger partial charge < -0.3 is 24.3 Å². The number of morpholine rings is 1. The highest BCUT2D eigenvalue weighted by Gasteiger charge is 2.22. The lowest BCUT2D eigenvalue weighted by Gasteiger charge is -2.29. The van der Waals surface area contributed by atoms with Gasteiger partial charge in [0.1, 0.15) is 17.0 Å². The number of likely N-dealkylation sites (N-methyl/N-ethyl adjacent to an activating group) is 1. The molecule has 0 spiro atoms. The molecule has 0 radical (unpaired) electrons. The molecule has 1 aromatic carbocycles. The van der Waals surface area contributed by atoms with Crippen molar-refractivity contribution in [3.05, 3.63) is 81.4 Å². The van der Waals surface area contributed by atoms with E-state index in [-0.39, 0.29) is 12.1 Å². The minimum Gasteiger partial charge on any atom is -0.428 e. The molecule has 1 atom stereocenters. The van der Waals surface area contributed by atoms with E-state index in [0.29, 0.717) is 71.4 Å². The minimum absolute atomic E-state index is 0.159. The van der Waals surface area contributed by atoms with Crippen LogP contribution < -0.4 is 15.8 Å². The number of nitrogens with zero attached hydrogens (tertiary/aromatic N) is 7. The van der Waals surface area contributed by atoms with Crippen molar-refractivity contribution in [3.63, 3.8) is 0 Å². The predicted octanol–water partition coefficient (Wildman–Crippen LogP) is 4.23. The second-order valence-electron chi connectivity index (χ2n) is 11.4. The topological polar surface area (TPSA) is 114 Å². The first kappa shape index (κ1) is 29.3. The van der Waals surface area contributed by atoms with Crippen LogP contribution in [0.15, 0.2) is 68.4 Å². The van der Waals surface area contributed by atoms with Crippen LogP contribution in [0.2, 0.25) is 0 Å². The summed E-state index contributed by atoms with van der Waals surface area (Å²) in [6.45, 7) is 6.89. The van der Waals surface area contributed by atoms with E-state index in [4.69, 9.17) is 14.1 Å². The molecule has 230 valence electrons. The first-order chi connectivity index (χ1) is 22.0. The zero-order valence-corrected chi connectivity index (χ0v) is 26.1. The quantitative estimate of drug-likeness (QED) is 0.314. The Morgan fingerprint density at radius 2 is 1.96 bits per heavy atom. The van der Waals surface area contributed by atoms with E-state index in [9.17, 15) is 4.79 Å². The average molecular weight is 623 g/mol. The first-order valence-electron chi connectivity index (χ1n) is 15.1. The van der Waals surface area contributed by atoms with E-state index in [1.54, 1.807) is 16.8 Å². The lowest BCUT2D eigenvalue weighted by molar-refractivity contribution is 0.120. The van der Waals surface area contributed by atoms with Gasteiger partial charge in [-0.1, -0.05) is 18.1 Å². The summed E-state index contributed by atoms with van der Waals surface area (Å²) in [5.41, 5.74) is 5.14. The summed E-state index contributed by atoms with van der Waals surface area (Å²) in [5, 5.41) is 4.47. The second-order valence-corrected chi connectivity index (χ2v) is 12.7. The van der Waals surface area contributed by atoms with Crippen molar-refractivity contribution >= 4 is 46.5 Å².